The van der Waals surface area contributed by atoms with E-state index in [-0.39, 0.29) is 23.5 Å². The lowest BCUT2D eigenvalue weighted by atomic mass is 10.1. The maximum absolute atomic E-state index is 13.8. The average Bonchev–Trinajstić information content (AvgIpc) is 3.24. The highest BCUT2D eigenvalue weighted by Gasteiger charge is 2.29. The highest BCUT2D eigenvalue weighted by atomic mass is 19.1. The number of carbonyl (C=O) groups excluding carboxylic acids is 1. The van der Waals surface area contributed by atoms with Crippen LogP contribution in [0.15, 0.2) is 30.6 Å². The van der Waals surface area contributed by atoms with Crippen LogP contribution in [0.2, 0.25) is 0 Å². The summed E-state index contributed by atoms with van der Waals surface area (Å²) in [7, 11) is 0. The van der Waals surface area contributed by atoms with Gasteiger partial charge in [0.15, 0.2) is 0 Å². The van der Waals surface area contributed by atoms with Crippen LogP contribution in [-0.2, 0) is 11.3 Å². The highest BCUT2D eigenvalue weighted by Crippen LogP contribution is 2.26. The van der Waals surface area contributed by atoms with Crippen molar-refractivity contribution >= 4 is 11.6 Å². The van der Waals surface area contributed by atoms with E-state index in [9.17, 15) is 9.18 Å². The average molecular weight is 328 g/mol. The Morgan fingerprint density at radius 3 is 3.04 bits per heavy atom. The van der Waals surface area contributed by atoms with Gasteiger partial charge in [-0.2, -0.15) is 5.26 Å². The first-order valence-corrected chi connectivity index (χ1v) is 7.74. The minimum atomic E-state index is -0.266. The van der Waals surface area contributed by atoms with Gasteiger partial charge in [0.1, 0.15) is 18.2 Å². The Kier molecular flexibility index (Phi) is 4.70. The number of benzene rings is 1. The largest absolute Gasteiger partial charge is 0.368 e. The number of hydrogen-bond donors (Lipinski definition) is 1. The molecule has 0 bridgehead atoms. The molecule has 1 aliphatic rings. The SMILES string of the molecule is N#Cc1ncn(CCNC(=O)C2CCN(c3ccccc3F)C2)n1. The van der Waals surface area contributed by atoms with Gasteiger partial charge in [0, 0.05) is 19.6 Å². The Hall–Kier alpha value is -2.95. The molecule has 1 fully saturated rings. The molecule has 1 aromatic carbocycles. The number of para-hydroxylation sites is 1. The van der Waals surface area contributed by atoms with Gasteiger partial charge in [-0.15, -0.1) is 5.10 Å². The molecule has 1 atom stereocenters. The van der Waals surface area contributed by atoms with Crippen LogP contribution in [-0.4, -0.2) is 40.3 Å². The van der Waals surface area contributed by atoms with Crippen molar-refractivity contribution in [1.82, 2.24) is 20.1 Å². The fraction of sp³-hybridized carbons (Fsp3) is 0.375. The molecule has 8 heteroatoms. The maximum Gasteiger partial charge on any atom is 0.252 e. The molecule has 1 saturated heterocycles. The third-order valence-corrected chi connectivity index (χ3v) is 4.03. The molecule has 1 unspecified atom stereocenters. The van der Waals surface area contributed by atoms with Crippen molar-refractivity contribution in [1.29, 1.82) is 5.26 Å². The zero-order chi connectivity index (χ0) is 16.9. The van der Waals surface area contributed by atoms with E-state index in [0.717, 1.165) is 0 Å². The fourth-order valence-electron chi connectivity index (χ4n) is 2.79. The molecule has 1 N–H and O–H groups in total. The molecular formula is C16H17FN6O. The van der Waals surface area contributed by atoms with Gasteiger partial charge in [-0.3, -0.25) is 4.79 Å². The Morgan fingerprint density at radius 2 is 2.29 bits per heavy atom. The first kappa shape index (κ1) is 15.9. The van der Waals surface area contributed by atoms with Crippen LogP contribution in [0.5, 0.6) is 0 Å². The fourth-order valence-corrected chi connectivity index (χ4v) is 2.79. The topological polar surface area (TPSA) is 86.8 Å². The zero-order valence-corrected chi connectivity index (χ0v) is 13.0. The number of anilines is 1. The number of hydrogen-bond acceptors (Lipinski definition) is 5. The second-order valence-corrected chi connectivity index (χ2v) is 5.62. The third-order valence-electron chi connectivity index (χ3n) is 4.03. The van der Waals surface area contributed by atoms with E-state index in [1.165, 1.54) is 17.1 Å². The number of nitrogens with zero attached hydrogens (tertiary/aromatic N) is 5. The van der Waals surface area contributed by atoms with Crippen molar-refractivity contribution < 1.29 is 9.18 Å². The molecule has 7 nitrogen and oxygen atoms in total. The molecule has 1 amide bonds. The van der Waals surface area contributed by atoms with Crippen molar-refractivity contribution in [2.24, 2.45) is 5.92 Å². The zero-order valence-electron chi connectivity index (χ0n) is 13.0. The number of amides is 1. The van der Waals surface area contributed by atoms with E-state index in [1.54, 1.807) is 18.2 Å². The van der Waals surface area contributed by atoms with Crippen LogP contribution < -0.4 is 10.2 Å². The Balaban J connectivity index is 1.48. The van der Waals surface area contributed by atoms with Crippen LogP contribution in [0, 0.1) is 23.1 Å². The third kappa shape index (κ3) is 3.51. The van der Waals surface area contributed by atoms with Gasteiger partial charge >= 0.3 is 0 Å². The molecule has 0 spiro atoms. The van der Waals surface area contributed by atoms with Crippen molar-refractivity contribution in [2.75, 3.05) is 24.5 Å². The van der Waals surface area contributed by atoms with E-state index in [4.69, 9.17) is 5.26 Å². The molecule has 3 rings (SSSR count). The van der Waals surface area contributed by atoms with Crippen molar-refractivity contribution in [3.8, 4) is 6.07 Å². The second-order valence-electron chi connectivity index (χ2n) is 5.62. The predicted molar refractivity (Wildman–Crippen MR) is 84.5 cm³/mol. The summed E-state index contributed by atoms with van der Waals surface area (Å²) in [5.74, 6) is -0.361. The first-order chi connectivity index (χ1) is 11.7. The molecule has 24 heavy (non-hydrogen) atoms. The number of nitriles is 1. The number of halogens is 1. The summed E-state index contributed by atoms with van der Waals surface area (Å²) < 4.78 is 15.3. The van der Waals surface area contributed by atoms with E-state index in [2.05, 4.69) is 15.4 Å². The number of carbonyl (C=O) groups is 1. The van der Waals surface area contributed by atoms with Crippen molar-refractivity contribution in [2.45, 2.75) is 13.0 Å². The van der Waals surface area contributed by atoms with Crippen LogP contribution in [0.1, 0.15) is 12.2 Å². The Bertz CT molecular complexity index is 768. The number of nitrogens with one attached hydrogen (secondary N) is 1. The van der Waals surface area contributed by atoms with Crippen molar-refractivity contribution in [3.05, 3.63) is 42.2 Å². The lowest BCUT2D eigenvalue weighted by Gasteiger charge is -2.19. The summed E-state index contributed by atoms with van der Waals surface area (Å²) >= 11 is 0. The summed E-state index contributed by atoms with van der Waals surface area (Å²) in [6, 6.07) is 8.45. The predicted octanol–water partition coefficient (Wildman–Crippen LogP) is 0.932. The van der Waals surface area contributed by atoms with Crippen LogP contribution in [0.4, 0.5) is 10.1 Å². The minimum absolute atomic E-state index is 0.0468. The molecule has 0 saturated carbocycles. The van der Waals surface area contributed by atoms with Gasteiger partial charge in [-0.1, -0.05) is 12.1 Å². The second kappa shape index (κ2) is 7.08. The molecule has 1 aliphatic heterocycles. The maximum atomic E-state index is 13.8. The summed E-state index contributed by atoms with van der Waals surface area (Å²) in [6.45, 7) is 2.02. The van der Waals surface area contributed by atoms with Gasteiger partial charge in [0.25, 0.3) is 5.82 Å². The first-order valence-electron chi connectivity index (χ1n) is 7.74. The molecule has 2 heterocycles. The molecule has 1 aromatic heterocycles. The lowest BCUT2D eigenvalue weighted by Crippen LogP contribution is -2.34. The Morgan fingerprint density at radius 1 is 1.46 bits per heavy atom. The quantitative estimate of drug-likeness (QED) is 0.882. The standard InChI is InChI=1S/C16H17FN6O/c17-13-3-1-2-4-14(13)22-7-5-12(10-22)16(24)19-6-8-23-11-20-15(9-18)21-23/h1-4,11-12H,5-8,10H2,(H,19,24). The summed E-state index contributed by atoms with van der Waals surface area (Å²) in [5, 5.41) is 15.4. The van der Waals surface area contributed by atoms with Gasteiger partial charge in [-0.05, 0) is 18.6 Å². The van der Waals surface area contributed by atoms with Gasteiger partial charge in [0.05, 0.1) is 18.2 Å². The molecule has 0 radical (unpaired) electrons. The summed E-state index contributed by atoms with van der Waals surface area (Å²) in [6.07, 6.45) is 2.16. The van der Waals surface area contributed by atoms with Crippen LogP contribution >= 0.6 is 0 Å². The van der Waals surface area contributed by atoms with Gasteiger partial charge in [-0.25, -0.2) is 14.1 Å². The van der Waals surface area contributed by atoms with Crippen LogP contribution in [0.25, 0.3) is 0 Å². The van der Waals surface area contributed by atoms with Gasteiger partial charge in [0.2, 0.25) is 5.91 Å². The van der Waals surface area contributed by atoms with Gasteiger partial charge < -0.3 is 10.2 Å². The van der Waals surface area contributed by atoms with E-state index < -0.39 is 0 Å². The molecule has 0 aliphatic carbocycles. The highest BCUT2D eigenvalue weighted by molar-refractivity contribution is 5.80. The summed E-state index contributed by atoms with van der Waals surface area (Å²) in [5.41, 5.74) is 0.541. The van der Waals surface area contributed by atoms with E-state index in [1.807, 2.05) is 11.0 Å². The van der Waals surface area contributed by atoms with Crippen molar-refractivity contribution in [3.63, 3.8) is 0 Å². The smallest absolute Gasteiger partial charge is 0.252 e. The molecular weight excluding hydrogens is 311 g/mol. The monoisotopic (exact) mass is 328 g/mol. The van der Waals surface area contributed by atoms with E-state index >= 15 is 0 Å². The number of aromatic nitrogens is 3. The minimum Gasteiger partial charge on any atom is -0.368 e. The Labute approximate surface area is 138 Å². The van der Waals surface area contributed by atoms with E-state index in [0.29, 0.717) is 38.3 Å². The number of rotatable bonds is 5. The summed E-state index contributed by atoms with van der Waals surface area (Å²) in [4.78, 5) is 17.9. The normalized spacial score (nSPS) is 16.8. The molecule has 124 valence electrons. The lowest BCUT2D eigenvalue weighted by molar-refractivity contribution is -0.124. The van der Waals surface area contributed by atoms with Crippen LogP contribution in [0.3, 0.4) is 0 Å². The molecule has 2 aromatic rings.